The van der Waals surface area contributed by atoms with E-state index in [1.165, 1.54) is 12.1 Å². The van der Waals surface area contributed by atoms with Crippen LogP contribution in [0.15, 0.2) is 35.7 Å². The monoisotopic (exact) mass is 313 g/mol. The van der Waals surface area contributed by atoms with E-state index in [4.69, 9.17) is 16.3 Å². The summed E-state index contributed by atoms with van der Waals surface area (Å²) in [4.78, 5) is 12.9. The molecule has 106 valence electrons. The van der Waals surface area contributed by atoms with Crippen molar-refractivity contribution in [1.82, 2.24) is 5.32 Å². The summed E-state index contributed by atoms with van der Waals surface area (Å²) >= 11 is 7.41. The lowest BCUT2D eigenvalue weighted by atomic mass is 10.3. The van der Waals surface area contributed by atoms with Crippen molar-refractivity contribution in [2.75, 3.05) is 0 Å². The number of carbonyl (C=O) groups excluding carboxylic acids is 1. The lowest BCUT2D eigenvalue weighted by Crippen LogP contribution is -2.35. The fourth-order valence-corrected chi connectivity index (χ4v) is 2.40. The summed E-state index contributed by atoms with van der Waals surface area (Å²) in [5.74, 6) is -0.414. The molecule has 0 fully saturated rings. The van der Waals surface area contributed by atoms with Gasteiger partial charge in [0, 0.05) is 4.88 Å². The number of carbonyl (C=O) groups is 1. The molecule has 0 aliphatic carbocycles. The summed E-state index contributed by atoms with van der Waals surface area (Å²) in [5, 5.41) is 4.85. The molecule has 1 aromatic carbocycles. The minimum Gasteiger partial charge on any atom is -0.479 e. The third kappa shape index (κ3) is 3.95. The summed E-state index contributed by atoms with van der Waals surface area (Å²) < 4.78 is 18.3. The Bertz CT molecular complexity index is 589. The topological polar surface area (TPSA) is 38.3 Å². The minimum absolute atomic E-state index is 0.142. The molecule has 1 amide bonds. The smallest absolute Gasteiger partial charge is 0.261 e. The van der Waals surface area contributed by atoms with Gasteiger partial charge in [-0.2, -0.15) is 0 Å². The quantitative estimate of drug-likeness (QED) is 0.915. The highest BCUT2D eigenvalue weighted by atomic mass is 35.5. The van der Waals surface area contributed by atoms with Crippen molar-refractivity contribution in [2.24, 2.45) is 0 Å². The summed E-state index contributed by atoms with van der Waals surface area (Å²) in [6.45, 7) is 2.07. The molecule has 0 saturated heterocycles. The highest BCUT2D eigenvalue weighted by Gasteiger charge is 2.16. The van der Waals surface area contributed by atoms with Crippen LogP contribution < -0.4 is 10.1 Å². The van der Waals surface area contributed by atoms with Gasteiger partial charge < -0.3 is 10.1 Å². The van der Waals surface area contributed by atoms with Crippen molar-refractivity contribution in [2.45, 2.75) is 19.6 Å². The Hall–Kier alpha value is -1.59. The molecular weight excluding hydrogens is 301 g/mol. The van der Waals surface area contributed by atoms with E-state index in [0.29, 0.717) is 6.54 Å². The van der Waals surface area contributed by atoms with Crippen molar-refractivity contribution >= 4 is 28.8 Å². The number of benzene rings is 1. The molecule has 0 radical (unpaired) electrons. The van der Waals surface area contributed by atoms with Crippen LogP contribution in [0, 0.1) is 5.82 Å². The molecule has 0 spiro atoms. The van der Waals surface area contributed by atoms with Crippen LogP contribution in [0.4, 0.5) is 4.39 Å². The van der Waals surface area contributed by atoms with Crippen molar-refractivity contribution in [1.29, 1.82) is 0 Å². The molecule has 3 nitrogen and oxygen atoms in total. The predicted octanol–water partition coefficient (Wildman–Crippen LogP) is 3.62. The van der Waals surface area contributed by atoms with Crippen LogP contribution in [0.3, 0.4) is 0 Å². The van der Waals surface area contributed by atoms with Crippen LogP contribution in [0.5, 0.6) is 5.75 Å². The Morgan fingerprint density at radius 2 is 2.30 bits per heavy atom. The van der Waals surface area contributed by atoms with Crippen molar-refractivity contribution < 1.29 is 13.9 Å². The Balaban J connectivity index is 1.90. The maximum absolute atomic E-state index is 12.9. The van der Waals surface area contributed by atoms with Gasteiger partial charge in [-0.25, -0.2) is 4.39 Å². The number of amides is 1. The molecule has 1 heterocycles. The number of hydrogen-bond donors (Lipinski definition) is 1. The number of hydrogen-bond acceptors (Lipinski definition) is 3. The van der Waals surface area contributed by atoms with Gasteiger partial charge in [-0.05, 0) is 36.6 Å². The second kappa shape index (κ2) is 6.72. The first-order valence-corrected chi connectivity index (χ1v) is 7.24. The van der Waals surface area contributed by atoms with Gasteiger partial charge in [0.25, 0.3) is 5.91 Å². The summed E-state index contributed by atoms with van der Waals surface area (Å²) in [6.07, 6.45) is -0.710. The normalized spacial score (nSPS) is 11.9. The zero-order valence-electron chi connectivity index (χ0n) is 10.7. The van der Waals surface area contributed by atoms with Gasteiger partial charge in [0.2, 0.25) is 0 Å². The highest BCUT2D eigenvalue weighted by molar-refractivity contribution is 7.09. The SMILES string of the molecule is CC(Oc1ccc(F)cc1Cl)C(=O)NCc1cccs1. The van der Waals surface area contributed by atoms with E-state index in [-0.39, 0.29) is 16.7 Å². The van der Waals surface area contributed by atoms with Gasteiger partial charge in [-0.3, -0.25) is 4.79 Å². The number of thiophene rings is 1. The number of rotatable bonds is 5. The van der Waals surface area contributed by atoms with Gasteiger partial charge >= 0.3 is 0 Å². The van der Waals surface area contributed by atoms with Crippen molar-refractivity contribution in [3.05, 3.63) is 51.4 Å². The Morgan fingerprint density at radius 1 is 1.50 bits per heavy atom. The minimum atomic E-state index is -0.710. The molecule has 6 heteroatoms. The molecule has 0 bridgehead atoms. The van der Waals surface area contributed by atoms with E-state index in [1.54, 1.807) is 18.3 Å². The summed E-state index contributed by atoms with van der Waals surface area (Å²) in [5.41, 5.74) is 0. The van der Waals surface area contributed by atoms with E-state index >= 15 is 0 Å². The number of halogens is 2. The first-order valence-electron chi connectivity index (χ1n) is 5.98. The molecular formula is C14H13ClFNO2S. The maximum atomic E-state index is 12.9. The van der Waals surface area contributed by atoms with Gasteiger partial charge in [-0.15, -0.1) is 11.3 Å². The van der Waals surface area contributed by atoms with Gasteiger partial charge in [0.1, 0.15) is 11.6 Å². The summed E-state index contributed by atoms with van der Waals surface area (Å²) in [7, 11) is 0. The lowest BCUT2D eigenvalue weighted by molar-refractivity contribution is -0.127. The molecule has 2 aromatic rings. The first-order chi connectivity index (χ1) is 9.56. The van der Waals surface area contributed by atoms with E-state index < -0.39 is 11.9 Å². The molecule has 1 N–H and O–H groups in total. The maximum Gasteiger partial charge on any atom is 0.261 e. The predicted molar refractivity (Wildman–Crippen MR) is 77.7 cm³/mol. The van der Waals surface area contributed by atoms with Crippen LogP contribution in [0.1, 0.15) is 11.8 Å². The zero-order chi connectivity index (χ0) is 14.5. The van der Waals surface area contributed by atoms with Gasteiger partial charge in [-0.1, -0.05) is 17.7 Å². The summed E-state index contributed by atoms with van der Waals surface area (Å²) in [6, 6.07) is 7.64. The molecule has 1 aromatic heterocycles. The van der Waals surface area contributed by atoms with Crippen LogP contribution in [0.2, 0.25) is 5.02 Å². The first kappa shape index (κ1) is 14.8. The average Bonchev–Trinajstić information content (AvgIpc) is 2.92. The van der Waals surface area contributed by atoms with Crippen LogP contribution in [0.25, 0.3) is 0 Å². The van der Waals surface area contributed by atoms with Crippen LogP contribution in [-0.4, -0.2) is 12.0 Å². The second-order valence-corrected chi connectivity index (χ2v) is 5.57. The largest absolute Gasteiger partial charge is 0.479 e. The second-order valence-electron chi connectivity index (χ2n) is 4.13. The van der Waals surface area contributed by atoms with Crippen molar-refractivity contribution in [3.63, 3.8) is 0 Å². The highest BCUT2D eigenvalue weighted by Crippen LogP contribution is 2.25. The Labute approximate surface area is 125 Å². The van der Waals surface area contributed by atoms with Crippen LogP contribution in [-0.2, 0) is 11.3 Å². The van der Waals surface area contributed by atoms with E-state index in [1.807, 2.05) is 17.5 Å². The van der Waals surface area contributed by atoms with Gasteiger partial charge in [0.15, 0.2) is 6.10 Å². The average molecular weight is 314 g/mol. The molecule has 0 saturated carbocycles. The molecule has 0 aliphatic heterocycles. The molecule has 0 aliphatic rings. The molecule has 20 heavy (non-hydrogen) atoms. The number of nitrogens with one attached hydrogen (secondary N) is 1. The zero-order valence-corrected chi connectivity index (χ0v) is 12.3. The van der Waals surface area contributed by atoms with Gasteiger partial charge in [0.05, 0.1) is 11.6 Å². The Morgan fingerprint density at radius 3 is 2.95 bits per heavy atom. The van der Waals surface area contributed by atoms with E-state index in [2.05, 4.69) is 5.32 Å². The fourth-order valence-electron chi connectivity index (χ4n) is 1.55. The third-order valence-electron chi connectivity index (χ3n) is 2.58. The van der Waals surface area contributed by atoms with Crippen molar-refractivity contribution in [3.8, 4) is 5.75 Å². The third-order valence-corrected chi connectivity index (χ3v) is 3.76. The number of ether oxygens (including phenoxy) is 1. The lowest BCUT2D eigenvalue weighted by Gasteiger charge is -2.15. The van der Waals surface area contributed by atoms with E-state index in [0.717, 1.165) is 10.9 Å². The molecule has 2 rings (SSSR count). The Kier molecular flexibility index (Phi) is 4.98. The standard InChI is InChI=1S/C14H13ClFNO2S/c1-9(14(18)17-8-11-3-2-6-20-11)19-13-5-4-10(16)7-12(13)15/h2-7,9H,8H2,1H3,(H,17,18). The molecule has 1 atom stereocenters. The fraction of sp³-hybridized carbons (Fsp3) is 0.214. The van der Waals surface area contributed by atoms with E-state index in [9.17, 15) is 9.18 Å². The van der Waals surface area contributed by atoms with Crippen LogP contribution >= 0.6 is 22.9 Å². The molecule has 1 unspecified atom stereocenters.